The average molecular weight is 186 g/mol. The summed E-state index contributed by atoms with van der Waals surface area (Å²) in [5.74, 6) is 0.858. The van der Waals surface area contributed by atoms with Gasteiger partial charge in [-0.15, -0.1) is 0 Å². The van der Waals surface area contributed by atoms with Crippen LogP contribution in [0.4, 0.5) is 0 Å². The number of nitrogens with one attached hydrogen (secondary N) is 1. The molecule has 76 valence electrons. The Kier molecular flexibility index (Phi) is 12.1. The SMILES string of the molecule is C=C=N.CCCCCC(N)C(=O)O. The Hall–Kier alpha value is -1.12. The van der Waals surface area contributed by atoms with E-state index in [0.717, 1.165) is 19.3 Å². The highest BCUT2D eigenvalue weighted by Gasteiger charge is 2.09. The normalized spacial score (nSPS) is 10.6. The lowest BCUT2D eigenvalue weighted by Gasteiger charge is -2.03. The van der Waals surface area contributed by atoms with Crippen molar-refractivity contribution in [1.82, 2.24) is 0 Å². The molecule has 0 aromatic rings. The molecule has 0 aromatic carbocycles. The van der Waals surface area contributed by atoms with Gasteiger partial charge in [-0.05, 0) is 18.9 Å². The van der Waals surface area contributed by atoms with Crippen LogP contribution < -0.4 is 5.73 Å². The van der Waals surface area contributed by atoms with E-state index in [4.69, 9.17) is 16.2 Å². The predicted molar refractivity (Wildman–Crippen MR) is 53.1 cm³/mol. The van der Waals surface area contributed by atoms with Crippen molar-refractivity contribution >= 4 is 11.8 Å². The molecule has 0 aliphatic rings. The van der Waals surface area contributed by atoms with E-state index in [2.05, 4.69) is 13.5 Å². The first-order valence-electron chi connectivity index (χ1n) is 4.27. The van der Waals surface area contributed by atoms with E-state index in [9.17, 15) is 4.79 Å². The first-order valence-corrected chi connectivity index (χ1v) is 4.27. The van der Waals surface area contributed by atoms with Gasteiger partial charge in [-0.2, -0.15) is 0 Å². The fraction of sp³-hybridized carbons (Fsp3) is 0.667. The maximum absolute atomic E-state index is 10.2. The van der Waals surface area contributed by atoms with Crippen LogP contribution in [0.25, 0.3) is 0 Å². The second-order valence-corrected chi connectivity index (χ2v) is 2.62. The van der Waals surface area contributed by atoms with Crippen molar-refractivity contribution in [2.24, 2.45) is 5.73 Å². The highest BCUT2D eigenvalue weighted by Crippen LogP contribution is 2.01. The van der Waals surface area contributed by atoms with Gasteiger partial charge in [0.2, 0.25) is 0 Å². The summed E-state index contributed by atoms with van der Waals surface area (Å²) in [7, 11) is 0. The fourth-order valence-corrected chi connectivity index (χ4v) is 0.738. The Morgan fingerprint density at radius 1 is 1.69 bits per heavy atom. The highest BCUT2D eigenvalue weighted by atomic mass is 16.4. The number of hydrogen-bond acceptors (Lipinski definition) is 3. The van der Waals surface area contributed by atoms with Crippen molar-refractivity contribution in [3.63, 3.8) is 0 Å². The van der Waals surface area contributed by atoms with E-state index in [1.165, 1.54) is 0 Å². The minimum atomic E-state index is -0.892. The minimum absolute atomic E-state index is 0.600. The lowest BCUT2D eigenvalue weighted by Crippen LogP contribution is -2.29. The van der Waals surface area contributed by atoms with E-state index in [0.29, 0.717) is 6.42 Å². The van der Waals surface area contributed by atoms with Gasteiger partial charge in [-0.1, -0.05) is 26.2 Å². The predicted octanol–water partition coefficient (Wildman–Crippen LogP) is 1.40. The molecular weight excluding hydrogens is 168 g/mol. The molecule has 4 heteroatoms. The van der Waals surface area contributed by atoms with Gasteiger partial charge >= 0.3 is 5.97 Å². The molecule has 0 radical (unpaired) electrons. The van der Waals surface area contributed by atoms with E-state index in [1.54, 1.807) is 5.87 Å². The van der Waals surface area contributed by atoms with Crippen molar-refractivity contribution in [2.75, 3.05) is 0 Å². The van der Waals surface area contributed by atoms with Gasteiger partial charge in [-0.25, -0.2) is 0 Å². The largest absolute Gasteiger partial charge is 0.480 e. The van der Waals surface area contributed by atoms with Crippen LogP contribution >= 0.6 is 0 Å². The van der Waals surface area contributed by atoms with Gasteiger partial charge in [0, 0.05) is 0 Å². The minimum Gasteiger partial charge on any atom is -0.480 e. The van der Waals surface area contributed by atoms with Crippen molar-refractivity contribution in [2.45, 2.75) is 38.6 Å². The summed E-state index contributed by atoms with van der Waals surface area (Å²) in [6.45, 7) is 4.98. The number of carbonyl (C=O) groups is 1. The second kappa shape index (κ2) is 10.9. The highest BCUT2D eigenvalue weighted by molar-refractivity contribution is 5.72. The monoisotopic (exact) mass is 186 g/mol. The van der Waals surface area contributed by atoms with Crippen molar-refractivity contribution in [3.05, 3.63) is 6.58 Å². The standard InChI is InChI=1S/C7H15NO2.C2H3N/c1-2-3-4-5-6(8)7(9)10;1-2-3/h6H,2-5,8H2,1H3,(H,9,10);3H,1H2. The van der Waals surface area contributed by atoms with Crippen LogP contribution in [0.5, 0.6) is 0 Å². The lowest BCUT2D eigenvalue weighted by molar-refractivity contribution is -0.138. The average Bonchev–Trinajstić information content (AvgIpc) is 2.06. The smallest absolute Gasteiger partial charge is 0.320 e. The summed E-state index contributed by atoms with van der Waals surface area (Å²) in [6.07, 6.45) is 3.69. The summed E-state index contributed by atoms with van der Waals surface area (Å²) in [5.41, 5.74) is 5.26. The molecule has 4 nitrogen and oxygen atoms in total. The molecule has 0 amide bonds. The van der Waals surface area contributed by atoms with Crippen LogP contribution in [0.1, 0.15) is 32.6 Å². The molecular formula is C9H18N2O2. The first kappa shape index (κ1) is 14.4. The molecule has 0 rings (SSSR count). The van der Waals surface area contributed by atoms with E-state index >= 15 is 0 Å². The molecule has 13 heavy (non-hydrogen) atoms. The number of carboxylic acids is 1. The zero-order valence-corrected chi connectivity index (χ0v) is 8.05. The lowest BCUT2D eigenvalue weighted by atomic mass is 10.1. The number of carboxylic acid groups (broad SMARTS) is 1. The summed E-state index contributed by atoms with van der Waals surface area (Å²) in [6, 6.07) is -0.661. The number of nitrogens with two attached hydrogens (primary N) is 1. The molecule has 0 heterocycles. The Balaban J connectivity index is 0. The van der Waals surface area contributed by atoms with Crippen LogP contribution in [0, 0.1) is 5.41 Å². The Labute approximate surface area is 79.0 Å². The Morgan fingerprint density at radius 3 is 2.46 bits per heavy atom. The summed E-state index contributed by atoms with van der Waals surface area (Å²) in [5, 5.41) is 14.2. The van der Waals surface area contributed by atoms with Gasteiger partial charge in [-0.3, -0.25) is 10.2 Å². The van der Waals surface area contributed by atoms with E-state index in [-0.39, 0.29) is 0 Å². The van der Waals surface area contributed by atoms with Crippen LogP contribution in [-0.4, -0.2) is 23.0 Å². The molecule has 1 atom stereocenters. The van der Waals surface area contributed by atoms with Gasteiger partial charge in [0.05, 0.1) is 0 Å². The number of rotatable bonds is 5. The first-order chi connectivity index (χ1) is 6.09. The van der Waals surface area contributed by atoms with Crippen molar-refractivity contribution in [1.29, 1.82) is 5.41 Å². The molecule has 0 saturated carbocycles. The number of hydrogen-bond donors (Lipinski definition) is 3. The van der Waals surface area contributed by atoms with Gasteiger partial charge in [0.25, 0.3) is 0 Å². The molecule has 0 aromatic heterocycles. The third kappa shape index (κ3) is 13.8. The zero-order valence-electron chi connectivity index (χ0n) is 8.05. The molecule has 0 spiro atoms. The van der Waals surface area contributed by atoms with Crippen LogP contribution in [0.15, 0.2) is 6.58 Å². The maximum Gasteiger partial charge on any atom is 0.320 e. The third-order valence-electron chi connectivity index (χ3n) is 1.44. The zero-order chi connectivity index (χ0) is 10.7. The number of unbranched alkanes of at least 4 members (excludes halogenated alkanes) is 2. The van der Waals surface area contributed by atoms with E-state index in [1.807, 2.05) is 0 Å². The van der Waals surface area contributed by atoms with Crippen molar-refractivity contribution in [3.8, 4) is 0 Å². The second-order valence-electron chi connectivity index (χ2n) is 2.62. The quantitative estimate of drug-likeness (QED) is 0.448. The third-order valence-corrected chi connectivity index (χ3v) is 1.44. The number of aliphatic carboxylic acids is 1. The van der Waals surface area contributed by atoms with Crippen LogP contribution in [0.2, 0.25) is 0 Å². The summed E-state index contributed by atoms with van der Waals surface area (Å²) < 4.78 is 0. The van der Waals surface area contributed by atoms with Gasteiger partial charge in [0.15, 0.2) is 0 Å². The van der Waals surface area contributed by atoms with Crippen LogP contribution in [-0.2, 0) is 4.79 Å². The van der Waals surface area contributed by atoms with E-state index < -0.39 is 12.0 Å². The molecule has 0 saturated heterocycles. The van der Waals surface area contributed by atoms with Gasteiger partial charge < -0.3 is 10.8 Å². The molecule has 4 N–H and O–H groups in total. The Morgan fingerprint density at radius 2 is 2.15 bits per heavy atom. The van der Waals surface area contributed by atoms with Crippen LogP contribution in [0.3, 0.4) is 0 Å². The maximum atomic E-state index is 10.2. The molecule has 0 aliphatic heterocycles. The molecule has 0 bridgehead atoms. The molecule has 1 unspecified atom stereocenters. The van der Waals surface area contributed by atoms with Crippen molar-refractivity contribution < 1.29 is 9.90 Å². The fourth-order valence-electron chi connectivity index (χ4n) is 0.738. The Bertz CT molecular complexity index is 163. The van der Waals surface area contributed by atoms with Gasteiger partial charge in [0.1, 0.15) is 6.04 Å². The summed E-state index contributed by atoms with van der Waals surface area (Å²) in [4.78, 5) is 10.2. The molecule has 0 aliphatic carbocycles. The summed E-state index contributed by atoms with van der Waals surface area (Å²) >= 11 is 0. The topological polar surface area (TPSA) is 87.2 Å². The molecule has 0 fully saturated rings.